The van der Waals surface area contributed by atoms with Gasteiger partial charge in [0, 0.05) is 30.2 Å². The van der Waals surface area contributed by atoms with Crippen LogP contribution >= 0.6 is 0 Å². The van der Waals surface area contributed by atoms with Crippen molar-refractivity contribution in [3.8, 4) is 5.88 Å². The van der Waals surface area contributed by atoms with Crippen LogP contribution < -0.4 is 10.2 Å². The van der Waals surface area contributed by atoms with E-state index in [4.69, 9.17) is 0 Å². The van der Waals surface area contributed by atoms with Gasteiger partial charge in [0.1, 0.15) is 0 Å². The Balaban J connectivity index is 1.54. The lowest BCUT2D eigenvalue weighted by molar-refractivity contribution is 0.407. The minimum atomic E-state index is 0.0680. The Labute approximate surface area is 198 Å². The van der Waals surface area contributed by atoms with Gasteiger partial charge in [0.15, 0.2) is 5.69 Å². The molecule has 0 atom stereocenters. The molecule has 5 rings (SSSR count). The zero-order valence-electron chi connectivity index (χ0n) is 19.4. The molecule has 2 aromatic carbocycles. The van der Waals surface area contributed by atoms with Crippen LogP contribution in [0.3, 0.4) is 0 Å². The van der Waals surface area contributed by atoms with Gasteiger partial charge < -0.3 is 19.9 Å². The van der Waals surface area contributed by atoms with Crippen molar-refractivity contribution in [2.45, 2.75) is 39.2 Å². The van der Waals surface area contributed by atoms with Crippen LogP contribution in [0, 0.1) is 0 Å². The topological polar surface area (TPSA) is 104 Å². The number of hydrogen-bond donors (Lipinski definition) is 2. The normalized spacial score (nSPS) is 14.4. The summed E-state index contributed by atoms with van der Waals surface area (Å²) in [5, 5.41) is 23.7. The second kappa shape index (κ2) is 9.46. The third-order valence-corrected chi connectivity index (χ3v) is 5.90. The first-order chi connectivity index (χ1) is 16.6. The van der Waals surface area contributed by atoms with E-state index in [2.05, 4.69) is 35.4 Å². The zero-order chi connectivity index (χ0) is 23.5. The second-order valence-corrected chi connectivity index (χ2v) is 8.65. The van der Waals surface area contributed by atoms with Crippen molar-refractivity contribution >= 4 is 40.1 Å². The second-order valence-electron chi connectivity index (χ2n) is 8.65. The predicted molar refractivity (Wildman–Crippen MR) is 134 cm³/mol. The van der Waals surface area contributed by atoms with Gasteiger partial charge in [-0.25, -0.2) is 0 Å². The van der Waals surface area contributed by atoms with Crippen LogP contribution in [0.1, 0.15) is 39.2 Å². The van der Waals surface area contributed by atoms with Crippen LogP contribution in [-0.2, 0) is 0 Å². The molecule has 2 N–H and O–H groups in total. The Hall–Kier alpha value is -4.01. The number of anilines is 3. The first kappa shape index (κ1) is 21.8. The van der Waals surface area contributed by atoms with Gasteiger partial charge in [0.05, 0.1) is 5.52 Å². The highest BCUT2D eigenvalue weighted by Crippen LogP contribution is 2.41. The number of benzene rings is 2. The van der Waals surface area contributed by atoms with Crippen molar-refractivity contribution in [2.24, 2.45) is 10.2 Å². The highest BCUT2D eigenvalue weighted by Gasteiger charge is 2.19. The van der Waals surface area contributed by atoms with Crippen LogP contribution in [0.4, 0.5) is 29.2 Å². The number of nitrogens with one attached hydrogen (secondary N) is 1. The third kappa shape index (κ3) is 4.41. The van der Waals surface area contributed by atoms with E-state index in [9.17, 15) is 5.11 Å². The molecule has 34 heavy (non-hydrogen) atoms. The summed E-state index contributed by atoms with van der Waals surface area (Å²) in [4.78, 5) is 15.9. The van der Waals surface area contributed by atoms with Gasteiger partial charge in [-0.1, -0.05) is 36.4 Å². The van der Waals surface area contributed by atoms with Crippen molar-refractivity contribution < 1.29 is 5.11 Å². The van der Waals surface area contributed by atoms with Gasteiger partial charge in [-0.2, -0.15) is 15.0 Å². The molecule has 9 heteroatoms. The average Bonchev–Trinajstić information content (AvgIpc) is 3.15. The molecule has 0 radical (unpaired) electrons. The number of rotatable bonds is 6. The van der Waals surface area contributed by atoms with Crippen LogP contribution in [0.15, 0.2) is 64.8 Å². The molecule has 0 amide bonds. The van der Waals surface area contributed by atoms with Crippen LogP contribution in [0.25, 0.3) is 10.9 Å². The molecular formula is C25H28N8O. The van der Waals surface area contributed by atoms with Crippen LogP contribution in [0.2, 0.25) is 0 Å². The molecular weight excluding hydrogens is 428 g/mol. The summed E-state index contributed by atoms with van der Waals surface area (Å²) >= 11 is 0. The summed E-state index contributed by atoms with van der Waals surface area (Å²) in [7, 11) is 0. The summed E-state index contributed by atoms with van der Waals surface area (Å²) in [6.45, 7) is 5.83. The van der Waals surface area contributed by atoms with Crippen molar-refractivity contribution in [3.63, 3.8) is 0 Å². The molecule has 0 spiro atoms. The third-order valence-electron chi connectivity index (χ3n) is 5.90. The SMILES string of the molecule is CC(C)n1c(O)c(N=Nc2nc(Nc3ccccc3)nc(N3CCCCC3)n2)c2ccccc21. The van der Waals surface area contributed by atoms with Gasteiger partial charge >= 0.3 is 0 Å². The quantitative estimate of drug-likeness (QED) is 0.332. The van der Waals surface area contributed by atoms with Crippen LogP contribution in [0.5, 0.6) is 5.88 Å². The van der Waals surface area contributed by atoms with Gasteiger partial charge in [-0.05, 0) is 51.3 Å². The lowest BCUT2D eigenvalue weighted by Crippen LogP contribution is -2.31. The smallest absolute Gasteiger partial charge is 0.275 e. The Morgan fingerprint density at radius 3 is 2.38 bits per heavy atom. The number of hydrogen-bond acceptors (Lipinski definition) is 8. The summed E-state index contributed by atoms with van der Waals surface area (Å²) < 4.78 is 1.85. The minimum absolute atomic E-state index is 0.0680. The summed E-state index contributed by atoms with van der Waals surface area (Å²) in [6, 6.07) is 17.6. The molecule has 0 aliphatic carbocycles. The fourth-order valence-electron chi connectivity index (χ4n) is 4.29. The molecule has 1 saturated heterocycles. The first-order valence-electron chi connectivity index (χ1n) is 11.7. The lowest BCUT2D eigenvalue weighted by Gasteiger charge is -2.26. The lowest BCUT2D eigenvalue weighted by atomic mass is 10.1. The summed E-state index contributed by atoms with van der Waals surface area (Å²) in [6.07, 6.45) is 3.42. The van der Waals surface area contributed by atoms with E-state index in [-0.39, 0.29) is 17.9 Å². The number of para-hydroxylation sites is 2. The number of aromatic hydroxyl groups is 1. The molecule has 1 fully saturated rings. The number of piperidine rings is 1. The van der Waals surface area contributed by atoms with Crippen molar-refractivity contribution in [2.75, 3.05) is 23.3 Å². The molecule has 0 bridgehead atoms. The summed E-state index contributed by atoms with van der Waals surface area (Å²) in [5.41, 5.74) is 2.18. The van der Waals surface area contributed by atoms with E-state index in [0.29, 0.717) is 17.6 Å². The number of fused-ring (bicyclic) bond motifs is 1. The Kier molecular flexibility index (Phi) is 6.07. The van der Waals surface area contributed by atoms with E-state index in [1.807, 2.05) is 73.0 Å². The molecule has 0 saturated carbocycles. The highest BCUT2D eigenvalue weighted by atomic mass is 16.3. The maximum absolute atomic E-state index is 10.9. The van der Waals surface area contributed by atoms with Crippen molar-refractivity contribution in [1.29, 1.82) is 0 Å². The molecule has 9 nitrogen and oxygen atoms in total. The fourth-order valence-corrected chi connectivity index (χ4v) is 4.29. The van der Waals surface area contributed by atoms with Gasteiger partial charge in [-0.3, -0.25) is 0 Å². The predicted octanol–water partition coefficient (Wildman–Crippen LogP) is 6.26. The Morgan fingerprint density at radius 2 is 1.62 bits per heavy atom. The maximum atomic E-state index is 10.9. The van der Waals surface area contributed by atoms with Gasteiger partial charge in [-0.15, -0.1) is 10.2 Å². The Bertz CT molecular complexity index is 1310. The van der Waals surface area contributed by atoms with E-state index >= 15 is 0 Å². The molecule has 2 aromatic heterocycles. The Morgan fingerprint density at radius 1 is 0.882 bits per heavy atom. The first-order valence-corrected chi connectivity index (χ1v) is 11.7. The fraction of sp³-hybridized carbons (Fsp3) is 0.320. The molecule has 4 aromatic rings. The van der Waals surface area contributed by atoms with Crippen molar-refractivity contribution in [3.05, 3.63) is 54.6 Å². The molecule has 1 aliphatic rings. The van der Waals surface area contributed by atoms with E-state index in [1.165, 1.54) is 6.42 Å². The summed E-state index contributed by atoms with van der Waals surface area (Å²) in [5.74, 6) is 1.25. The van der Waals surface area contributed by atoms with E-state index in [1.54, 1.807) is 0 Å². The minimum Gasteiger partial charge on any atom is -0.493 e. The monoisotopic (exact) mass is 456 g/mol. The zero-order valence-corrected chi connectivity index (χ0v) is 19.4. The average molecular weight is 457 g/mol. The standard InChI is InChI=1S/C25H28N8O/c1-17(2)33-20-14-8-7-13-19(20)21(22(33)34)30-31-24-27-23(26-18-11-5-3-6-12-18)28-25(29-24)32-15-9-4-10-16-32/h3,5-8,11-14,17,34H,4,9-10,15-16H2,1-2H3,(H,26,27,28,29). The highest BCUT2D eigenvalue weighted by molar-refractivity contribution is 5.95. The number of nitrogens with zero attached hydrogens (tertiary/aromatic N) is 7. The number of azo groups is 1. The molecule has 1 aliphatic heterocycles. The van der Waals surface area contributed by atoms with E-state index in [0.717, 1.165) is 42.5 Å². The largest absolute Gasteiger partial charge is 0.493 e. The van der Waals surface area contributed by atoms with Gasteiger partial charge in [0.25, 0.3) is 5.95 Å². The van der Waals surface area contributed by atoms with Crippen molar-refractivity contribution in [1.82, 2.24) is 19.5 Å². The van der Waals surface area contributed by atoms with Gasteiger partial charge in [0.2, 0.25) is 17.8 Å². The van der Waals surface area contributed by atoms with E-state index < -0.39 is 0 Å². The van der Waals surface area contributed by atoms with Crippen LogP contribution in [-0.4, -0.2) is 37.7 Å². The molecule has 0 unspecified atom stereocenters. The maximum Gasteiger partial charge on any atom is 0.275 e. The molecule has 3 heterocycles. The number of aromatic nitrogens is 4. The molecule has 174 valence electrons.